The van der Waals surface area contributed by atoms with Crippen molar-refractivity contribution in [1.82, 2.24) is 20.0 Å². The highest BCUT2D eigenvalue weighted by molar-refractivity contribution is 5.74. The van der Waals surface area contributed by atoms with Gasteiger partial charge in [0.2, 0.25) is 0 Å². The number of carbonyl (C=O) groups excluding carboxylic acids is 1. The van der Waals surface area contributed by atoms with E-state index in [1.165, 1.54) is 0 Å². The summed E-state index contributed by atoms with van der Waals surface area (Å²) < 4.78 is 7.45. The first kappa shape index (κ1) is 17.8. The number of nitrogens with one attached hydrogen (secondary N) is 1. The maximum Gasteiger partial charge on any atom is 0.317 e. The van der Waals surface area contributed by atoms with Gasteiger partial charge in [0.1, 0.15) is 0 Å². The molecule has 2 rings (SSSR count). The van der Waals surface area contributed by atoms with Crippen molar-refractivity contribution in [2.24, 2.45) is 5.92 Å². The zero-order chi connectivity index (χ0) is 16.5. The van der Waals surface area contributed by atoms with Crippen LogP contribution in [0.1, 0.15) is 39.5 Å². The third-order valence-corrected chi connectivity index (χ3v) is 4.28. The van der Waals surface area contributed by atoms with E-state index in [2.05, 4.69) is 10.4 Å². The molecule has 1 aliphatic heterocycles. The molecule has 0 saturated carbocycles. The maximum absolute atomic E-state index is 12.1. The number of aryl methyl sites for hydroxylation is 1. The summed E-state index contributed by atoms with van der Waals surface area (Å²) in [4.78, 5) is 14.0. The average Bonchev–Trinajstić information content (AvgIpc) is 3.06. The molecular weight excluding hydrogens is 292 g/mol. The first-order valence-electron chi connectivity index (χ1n) is 8.77. The standard InChI is InChI=1S/C17H30N4O2/c1-15(2)23-14-4-8-18-17(22)20-11-5-16(6-12-20)7-13-21-10-3-9-19-21/h3,9-10,15-16H,4-8,11-14H2,1-2H3,(H,18,22). The van der Waals surface area contributed by atoms with E-state index in [1.54, 1.807) is 0 Å². The van der Waals surface area contributed by atoms with Gasteiger partial charge in [0.25, 0.3) is 0 Å². The van der Waals surface area contributed by atoms with Gasteiger partial charge in [0.15, 0.2) is 0 Å². The number of amides is 2. The van der Waals surface area contributed by atoms with Gasteiger partial charge in [0, 0.05) is 45.2 Å². The fraction of sp³-hybridized carbons (Fsp3) is 0.765. The zero-order valence-corrected chi connectivity index (χ0v) is 14.4. The summed E-state index contributed by atoms with van der Waals surface area (Å²) in [5.74, 6) is 0.697. The Kier molecular flexibility index (Phi) is 7.39. The molecule has 0 radical (unpaired) electrons. The number of carbonyl (C=O) groups is 1. The lowest BCUT2D eigenvalue weighted by molar-refractivity contribution is 0.0770. The average molecular weight is 322 g/mol. The van der Waals surface area contributed by atoms with Crippen molar-refractivity contribution in [2.75, 3.05) is 26.2 Å². The van der Waals surface area contributed by atoms with E-state index in [0.29, 0.717) is 19.1 Å². The van der Waals surface area contributed by atoms with E-state index in [4.69, 9.17) is 4.74 Å². The second kappa shape index (κ2) is 9.55. The summed E-state index contributed by atoms with van der Waals surface area (Å²) in [6, 6.07) is 2.03. The second-order valence-electron chi connectivity index (χ2n) is 6.49. The number of hydrogen-bond donors (Lipinski definition) is 1. The van der Waals surface area contributed by atoms with Crippen molar-refractivity contribution in [2.45, 2.75) is 52.2 Å². The van der Waals surface area contributed by atoms with Crippen LogP contribution in [0.4, 0.5) is 4.79 Å². The topological polar surface area (TPSA) is 59.4 Å². The van der Waals surface area contributed by atoms with Crippen LogP contribution in [0.3, 0.4) is 0 Å². The zero-order valence-electron chi connectivity index (χ0n) is 14.4. The first-order chi connectivity index (χ1) is 11.1. The molecule has 1 aromatic rings. The molecular formula is C17H30N4O2. The van der Waals surface area contributed by atoms with Crippen molar-refractivity contribution in [3.05, 3.63) is 18.5 Å². The molecule has 1 aliphatic rings. The Bertz CT molecular complexity index is 439. The Labute approximate surface area is 139 Å². The molecule has 0 unspecified atom stereocenters. The predicted octanol–water partition coefficient (Wildman–Crippen LogP) is 2.51. The van der Waals surface area contributed by atoms with Crippen molar-refractivity contribution in [3.8, 4) is 0 Å². The van der Waals surface area contributed by atoms with Gasteiger partial charge in [-0.05, 0) is 51.5 Å². The van der Waals surface area contributed by atoms with Gasteiger partial charge in [-0.25, -0.2) is 4.79 Å². The van der Waals surface area contributed by atoms with Gasteiger partial charge in [-0.1, -0.05) is 0 Å². The molecule has 0 bridgehead atoms. The normalized spacial score (nSPS) is 16.0. The fourth-order valence-corrected chi connectivity index (χ4v) is 2.87. The number of hydrogen-bond acceptors (Lipinski definition) is 3. The van der Waals surface area contributed by atoms with Crippen LogP contribution < -0.4 is 5.32 Å². The second-order valence-corrected chi connectivity index (χ2v) is 6.49. The van der Waals surface area contributed by atoms with Crippen molar-refractivity contribution < 1.29 is 9.53 Å². The number of ether oxygens (including phenoxy) is 1. The van der Waals surface area contributed by atoms with Gasteiger partial charge in [-0.2, -0.15) is 5.10 Å². The van der Waals surface area contributed by atoms with Crippen molar-refractivity contribution in [1.29, 1.82) is 0 Å². The highest BCUT2D eigenvalue weighted by atomic mass is 16.5. The quantitative estimate of drug-likeness (QED) is 0.748. The van der Waals surface area contributed by atoms with Gasteiger partial charge in [-0.3, -0.25) is 4.68 Å². The molecule has 1 fully saturated rings. The van der Waals surface area contributed by atoms with Crippen LogP contribution in [-0.2, 0) is 11.3 Å². The van der Waals surface area contributed by atoms with Gasteiger partial charge in [-0.15, -0.1) is 0 Å². The van der Waals surface area contributed by atoms with Crippen LogP contribution >= 0.6 is 0 Å². The molecule has 1 N–H and O–H groups in total. The number of nitrogens with zero attached hydrogens (tertiary/aromatic N) is 3. The van der Waals surface area contributed by atoms with E-state index >= 15 is 0 Å². The van der Waals surface area contributed by atoms with E-state index in [0.717, 1.165) is 45.3 Å². The number of aromatic nitrogens is 2. The minimum atomic E-state index is 0.0695. The Hall–Kier alpha value is -1.56. The molecule has 0 atom stereocenters. The molecule has 2 heterocycles. The van der Waals surface area contributed by atoms with Crippen LogP contribution in [0.2, 0.25) is 0 Å². The minimum Gasteiger partial charge on any atom is -0.379 e. The Morgan fingerprint density at radius 2 is 2.17 bits per heavy atom. The molecule has 6 nitrogen and oxygen atoms in total. The Morgan fingerprint density at radius 3 is 2.83 bits per heavy atom. The highest BCUT2D eigenvalue weighted by Gasteiger charge is 2.22. The maximum atomic E-state index is 12.1. The number of urea groups is 1. The summed E-state index contributed by atoms with van der Waals surface area (Å²) in [6.07, 6.45) is 8.26. The lowest BCUT2D eigenvalue weighted by atomic mass is 9.94. The van der Waals surface area contributed by atoms with Gasteiger partial charge >= 0.3 is 6.03 Å². The molecule has 1 saturated heterocycles. The van der Waals surface area contributed by atoms with E-state index in [9.17, 15) is 4.79 Å². The highest BCUT2D eigenvalue weighted by Crippen LogP contribution is 2.21. The summed E-state index contributed by atoms with van der Waals surface area (Å²) in [6.45, 7) is 8.12. The lowest BCUT2D eigenvalue weighted by Crippen LogP contribution is -2.44. The summed E-state index contributed by atoms with van der Waals surface area (Å²) >= 11 is 0. The molecule has 0 aliphatic carbocycles. The van der Waals surface area contributed by atoms with Crippen LogP contribution in [0.25, 0.3) is 0 Å². The number of rotatable bonds is 8. The van der Waals surface area contributed by atoms with Gasteiger partial charge < -0.3 is 15.0 Å². The summed E-state index contributed by atoms with van der Waals surface area (Å²) in [7, 11) is 0. The van der Waals surface area contributed by atoms with E-state index in [1.807, 2.05) is 41.9 Å². The van der Waals surface area contributed by atoms with Crippen LogP contribution in [-0.4, -0.2) is 53.1 Å². The van der Waals surface area contributed by atoms with E-state index in [-0.39, 0.29) is 12.1 Å². The largest absolute Gasteiger partial charge is 0.379 e. The molecule has 0 spiro atoms. The summed E-state index contributed by atoms with van der Waals surface area (Å²) in [5, 5.41) is 7.22. The SMILES string of the molecule is CC(C)OCCCNC(=O)N1CCC(CCn2cccn2)CC1. The van der Waals surface area contributed by atoms with Crippen LogP contribution in [0.15, 0.2) is 18.5 Å². The molecule has 130 valence electrons. The van der Waals surface area contributed by atoms with Crippen LogP contribution in [0.5, 0.6) is 0 Å². The van der Waals surface area contributed by atoms with Crippen molar-refractivity contribution in [3.63, 3.8) is 0 Å². The first-order valence-corrected chi connectivity index (χ1v) is 8.77. The molecule has 1 aromatic heterocycles. The summed E-state index contributed by atoms with van der Waals surface area (Å²) in [5.41, 5.74) is 0. The Balaban J connectivity index is 1.55. The molecule has 0 aromatic carbocycles. The molecule has 6 heteroatoms. The predicted molar refractivity (Wildman–Crippen MR) is 90.2 cm³/mol. The molecule has 23 heavy (non-hydrogen) atoms. The van der Waals surface area contributed by atoms with Gasteiger partial charge in [0.05, 0.1) is 6.10 Å². The number of piperidine rings is 1. The fourth-order valence-electron chi connectivity index (χ4n) is 2.87. The minimum absolute atomic E-state index is 0.0695. The third kappa shape index (κ3) is 6.60. The monoisotopic (exact) mass is 322 g/mol. The van der Waals surface area contributed by atoms with Crippen LogP contribution in [0, 0.1) is 5.92 Å². The van der Waals surface area contributed by atoms with E-state index < -0.39 is 0 Å². The smallest absolute Gasteiger partial charge is 0.317 e. The third-order valence-electron chi connectivity index (χ3n) is 4.28. The Morgan fingerprint density at radius 1 is 1.39 bits per heavy atom. The number of likely N-dealkylation sites (tertiary alicyclic amines) is 1. The lowest BCUT2D eigenvalue weighted by Gasteiger charge is -2.32. The van der Waals surface area contributed by atoms with Crippen molar-refractivity contribution >= 4 is 6.03 Å². The molecule has 2 amide bonds.